The fourth-order valence-electron chi connectivity index (χ4n) is 1.81. The third kappa shape index (κ3) is 3.75. The van der Waals surface area contributed by atoms with Crippen LogP contribution in [0.25, 0.3) is 0 Å². The molecule has 0 fully saturated rings. The molecule has 0 heterocycles. The van der Waals surface area contributed by atoms with Crippen LogP contribution in [0.3, 0.4) is 0 Å². The molecule has 0 spiro atoms. The first-order valence-corrected chi connectivity index (χ1v) is 7.05. The Morgan fingerprint density at radius 2 is 1.95 bits per heavy atom. The summed E-state index contributed by atoms with van der Waals surface area (Å²) in [4.78, 5) is 12.0. The molecule has 0 amide bonds. The average molecular weight is 309 g/mol. The van der Waals surface area contributed by atoms with E-state index in [-0.39, 0.29) is 12.4 Å². The Morgan fingerprint density at radius 3 is 2.65 bits per heavy atom. The minimum absolute atomic E-state index is 0.0227. The molecular weight excluding hydrogens is 295 g/mol. The highest BCUT2D eigenvalue weighted by atomic mass is 35.5. The smallest absolute Gasteiger partial charge is 0.200 e. The van der Waals surface area contributed by atoms with E-state index in [9.17, 15) is 4.79 Å². The van der Waals surface area contributed by atoms with E-state index in [1.165, 1.54) is 0 Å². The summed E-state index contributed by atoms with van der Waals surface area (Å²) >= 11 is 11.9. The number of carbonyl (C=O) groups is 1. The van der Waals surface area contributed by atoms with Crippen molar-refractivity contribution in [2.75, 3.05) is 6.61 Å². The zero-order valence-corrected chi connectivity index (χ0v) is 12.5. The largest absolute Gasteiger partial charge is 0.485 e. The van der Waals surface area contributed by atoms with Crippen molar-refractivity contribution in [2.24, 2.45) is 0 Å². The van der Waals surface area contributed by atoms with Crippen molar-refractivity contribution in [3.05, 3.63) is 63.6 Å². The number of hydrogen-bond donors (Lipinski definition) is 0. The Kier molecular flexibility index (Phi) is 5.05. The maximum Gasteiger partial charge on any atom is 0.200 e. The Labute approximate surface area is 128 Å². The molecule has 4 heteroatoms. The van der Waals surface area contributed by atoms with E-state index in [0.29, 0.717) is 21.4 Å². The maximum absolute atomic E-state index is 12.0. The lowest BCUT2D eigenvalue weighted by atomic mass is 10.1. The molecule has 0 aliphatic rings. The molecule has 0 radical (unpaired) electrons. The molecule has 20 heavy (non-hydrogen) atoms. The van der Waals surface area contributed by atoms with Gasteiger partial charge in [-0.25, -0.2) is 0 Å². The third-order valence-corrected chi connectivity index (χ3v) is 3.52. The van der Waals surface area contributed by atoms with Crippen LogP contribution in [-0.2, 0) is 6.42 Å². The molecule has 0 aliphatic carbocycles. The lowest BCUT2D eigenvalue weighted by Crippen LogP contribution is -2.11. The van der Waals surface area contributed by atoms with Crippen LogP contribution < -0.4 is 4.74 Å². The quantitative estimate of drug-likeness (QED) is 0.740. The summed E-state index contributed by atoms with van der Waals surface area (Å²) in [6.45, 7) is 1.99. The number of Topliss-reactive ketones (excluding diaryl/α,β-unsaturated/α-hetero) is 1. The molecule has 0 aromatic heterocycles. The second kappa shape index (κ2) is 6.78. The molecule has 0 N–H and O–H groups in total. The third-order valence-electron chi connectivity index (χ3n) is 2.91. The first kappa shape index (κ1) is 14.9. The van der Waals surface area contributed by atoms with Gasteiger partial charge in [-0.05, 0) is 42.3 Å². The second-order valence-corrected chi connectivity index (χ2v) is 5.17. The Hall–Kier alpha value is -1.51. The average Bonchev–Trinajstić information content (AvgIpc) is 2.46. The predicted molar refractivity (Wildman–Crippen MR) is 82.1 cm³/mol. The molecule has 2 nitrogen and oxygen atoms in total. The first-order chi connectivity index (χ1) is 9.60. The van der Waals surface area contributed by atoms with Gasteiger partial charge in [-0.2, -0.15) is 0 Å². The number of ketones is 1. The van der Waals surface area contributed by atoms with Crippen LogP contribution in [-0.4, -0.2) is 12.4 Å². The van der Waals surface area contributed by atoms with Gasteiger partial charge >= 0.3 is 0 Å². The number of rotatable bonds is 5. The van der Waals surface area contributed by atoms with Gasteiger partial charge in [0, 0.05) is 15.6 Å². The fraction of sp³-hybridized carbons (Fsp3) is 0.188. The van der Waals surface area contributed by atoms with Gasteiger partial charge in [-0.15, -0.1) is 0 Å². The van der Waals surface area contributed by atoms with Crippen LogP contribution >= 0.6 is 23.2 Å². The summed E-state index contributed by atoms with van der Waals surface area (Å²) in [7, 11) is 0. The zero-order chi connectivity index (χ0) is 14.5. The monoisotopic (exact) mass is 308 g/mol. The van der Waals surface area contributed by atoms with E-state index in [2.05, 4.69) is 0 Å². The Bertz CT molecular complexity index is 624. The van der Waals surface area contributed by atoms with Crippen LogP contribution in [0.4, 0.5) is 0 Å². The molecule has 0 aliphatic heterocycles. The molecule has 0 saturated heterocycles. The second-order valence-electron chi connectivity index (χ2n) is 4.33. The lowest BCUT2D eigenvalue weighted by Gasteiger charge is -2.08. The van der Waals surface area contributed by atoms with Gasteiger partial charge in [0.2, 0.25) is 0 Å². The van der Waals surface area contributed by atoms with Gasteiger partial charge < -0.3 is 4.74 Å². The minimum atomic E-state index is -0.111. The highest BCUT2D eigenvalue weighted by Crippen LogP contribution is 2.22. The highest BCUT2D eigenvalue weighted by molar-refractivity contribution is 6.31. The number of benzene rings is 2. The highest BCUT2D eigenvalue weighted by Gasteiger charge is 2.08. The van der Waals surface area contributed by atoms with Gasteiger partial charge in [0.1, 0.15) is 5.75 Å². The van der Waals surface area contributed by atoms with E-state index < -0.39 is 0 Å². The van der Waals surface area contributed by atoms with Crippen molar-refractivity contribution in [3.63, 3.8) is 0 Å². The van der Waals surface area contributed by atoms with Crippen molar-refractivity contribution >= 4 is 29.0 Å². The maximum atomic E-state index is 12.0. The molecule has 0 saturated carbocycles. The van der Waals surface area contributed by atoms with E-state index in [4.69, 9.17) is 27.9 Å². The van der Waals surface area contributed by atoms with Crippen LogP contribution in [0.2, 0.25) is 10.0 Å². The van der Waals surface area contributed by atoms with Crippen molar-refractivity contribution in [1.82, 2.24) is 0 Å². The molecule has 2 rings (SSSR count). The Morgan fingerprint density at radius 1 is 1.15 bits per heavy atom. The molecule has 0 bridgehead atoms. The summed E-state index contributed by atoms with van der Waals surface area (Å²) < 4.78 is 5.51. The number of aryl methyl sites for hydroxylation is 1. The molecule has 0 unspecified atom stereocenters. The summed E-state index contributed by atoms with van der Waals surface area (Å²) in [5.74, 6) is 0.530. The summed E-state index contributed by atoms with van der Waals surface area (Å²) in [6.07, 6.45) is 0.818. The molecule has 2 aromatic rings. The fourth-order valence-corrected chi connectivity index (χ4v) is 2.25. The van der Waals surface area contributed by atoms with Crippen molar-refractivity contribution in [1.29, 1.82) is 0 Å². The SMILES string of the molecule is CCc1cc(OCC(=O)c2cccc(Cl)c2)ccc1Cl. The number of hydrogen-bond acceptors (Lipinski definition) is 2. The van der Waals surface area contributed by atoms with Gasteiger partial charge in [0.15, 0.2) is 12.4 Å². The van der Waals surface area contributed by atoms with Crippen LogP contribution in [0.1, 0.15) is 22.8 Å². The van der Waals surface area contributed by atoms with Crippen LogP contribution in [0.5, 0.6) is 5.75 Å². The lowest BCUT2D eigenvalue weighted by molar-refractivity contribution is 0.0921. The van der Waals surface area contributed by atoms with Crippen LogP contribution in [0.15, 0.2) is 42.5 Å². The van der Waals surface area contributed by atoms with Crippen LogP contribution in [0, 0.1) is 0 Å². The van der Waals surface area contributed by atoms with E-state index in [1.807, 2.05) is 13.0 Å². The van der Waals surface area contributed by atoms with Gasteiger partial charge in [0.25, 0.3) is 0 Å². The summed E-state index contributed by atoms with van der Waals surface area (Å²) in [5.41, 5.74) is 1.54. The number of carbonyl (C=O) groups excluding carboxylic acids is 1. The van der Waals surface area contributed by atoms with Gasteiger partial charge in [-0.3, -0.25) is 4.79 Å². The topological polar surface area (TPSA) is 26.3 Å². The van der Waals surface area contributed by atoms with Gasteiger partial charge in [-0.1, -0.05) is 42.3 Å². The normalized spacial score (nSPS) is 10.3. The predicted octanol–water partition coefficient (Wildman–Crippen LogP) is 4.82. The van der Waals surface area contributed by atoms with E-state index >= 15 is 0 Å². The van der Waals surface area contributed by atoms with E-state index in [0.717, 1.165) is 12.0 Å². The zero-order valence-electron chi connectivity index (χ0n) is 11.0. The van der Waals surface area contributed by atoms with Gasteiger partial charge in [0.05, 0.1) is 0 Å². The van der Waals surface area contributed by atoms with Crippen molar-refractivity contribution in [2.45, 2.75) is 13.3 Å². The molecule has 2 aromatic carbocycles. The number of halogens is 2. The molecule has 104 valence electrons. The van der Waals surface area contributed by atoms with E-state index in [1.54, 1.807) is 36.4 Å². The van der Waals surface area contributed by atoms with Crippen molar-refractivity contribution < 1.29 is 9.53 Å². The standard InChI is InChI=1S/C16H14Cl2O2/c1-2-11-9-14(6-7-15(11)18)20-10-16(19)12-4-3-5-13(17)8-12/h3-9H,2,10H2,1H3. The van der Waals surface area contributed by atoms with Crippen molar-refractivity contribution in [3.8, 4) is 5.75 Å². The molecular formula is C16H14Cl2O2. The molecule has 0 atom stereocenters. The summed E-state index contributed by atoms with van der Waals surface area (Å²) in [6, 6.07) is 12.2. The minimum Gasteiger partial charge on any atom is -0.485 e. The first-order valence-electron chi connectivity index (χ1n) is 6.30. The summed E-state index contributed by atoms with van der Waals surface area (Å²) in [5, 5.41) is 1.25. The Balaban J connectivity index is 2.03. The number of ether oxygens (including phenoxy) is 1.